The molecule has 28 heavy (non-hydrogen) atoms. The topological polar surface area (TPSA) is 9.23 Å². The van der Waals surface area contributed by atoms with Crippen LogP contribution in [0, 0.1) is 24.0 Å². The van der Waals surface area contributed by atoms with Crippen molar-refractivity contribution in [1.82, 2.24) is 0 Å². The third-order valence-electron chi connectivity index (χ3n) is 5.68. The summed E-state index contributed by atoms with van der Waals surface area (Å²) in [4.78, 5) is 0. The molecular formula is C23H32F2OP2. The van der Waals surface area contributed by atoms with Crippen LogP contribution in [0.3, 0.4) is 0 Å². The van der Waals surface area contributed by atoms with Gasteiger partial charge in [-0.3, -0.25) is 0 Å². The Kier molecular flexibility index (Phi) is 8.84. The Morgan fingerprint density at radius 1 is 1.00 bits per heavy atom. The predicted molar refractivity (Wildman–Crippen MR) is 122 cm³/mol. The number of hydrogen-bond donors (Lipinski definition) is 0. The SMILES string of the molecule is CCC(C)(CCP)CCCOc1ccc(-c2cc(F)c(C)c(F)c2)cc1CP. The lowest BCUT2D eigenvalue weighted by atomic mass is 9.80. The van der Waals surface area contributed by atoms with E-state index < -0.39 is 11.6 Å². The molecule has 2 rings (SSSR count). The van der Waals surface area contributed by atoms with E-state index in [2.05, 4.69) is 32.3 Å². The van der Waals surface area contributed by atoms with Gasteiger partial charge in [0.1, 0.15) is 17.4 Å². The maximum Gasteiger partial charge on any atom is 0.129 e. The molecule has 3 unspecified atom stereocenters. The summed E-state index contributed by atoms with van der Waals surface area (Å²) in [5.74, 6) is -0.199. The molecule has 0 amide bonds. The minimum Gasteiger partial charge on any atom is -0.493 e. The van der Waals surface area contributed by atoms with Crippen molar-refractivity contribution in [3.8, 4) is 16.9 Å². The van der Waals surface area contributed by atoms with Crippen LogP contribution in [-0.4, -0.2) is 12.8 Å². The maximum absolute atomic E-state index is 13.9. The Hall–Kier alpha value is -1.04. The molecule has 0 heterocycles. The van der Waals surface area contributed by atoms with Crippen molar-refractivity contribution in [1.29, 1.82) is 0 Å². The van der Waals surface area contributed by atoms with E-state index in [0.717, 1.165) is 42.0 Å². The van der Waals surface area contributed by atoms with E-state index in [9.17, 15) is 8.78 Å². The molecule has 154 valence electrons. The Morgan fingerprint density at radius 3 is 2.25 bits per heavy atom. The number of hydrogen-bond acceptors (Lipinski definition) is 1. The maximum atomic E-state index is 13.9. The highest BCUT2D eigenvalue weighted by molar-refractivity contribution is 7.16. The van der Waals surface area contributed by atoms with Gasteiger partial charge in [-0.1, -0.05) is 26.3 Å². The van der Waals surface area contributed by atoms with Crippen LogP contribution in [0.25, 0.3) is 11.1 Å². The molecule has 0 saturated carbocycles. The van der Waals surface area contributed by atoms with Crippen molar-refractivity contribution >= 4 is 18.5 Å². The number of benzene rings is 2. The van der Waals surface area contributed by atoms with Crippen molar-refractivity contribution < 1.29 is 13.5 Å². The monoisotopic (exact) mass is 424 g/mol. The highest BCUT2D eigenvalue weighted by Gasteiger charge is 2.20. The average molecular weight is 424 g/mol. The molecule has 0 bridgehead atoms. The zero-order chi connectivity index (χ0) is 20.7. The fourth-order valence-electron chi connectivity index (χ4n) is 3.38. The van der Waals surface area contributed by atoms with Crippen molar-refractivity contribution in [2.75, 3.05) is 12.8 Å². The van der Waals surface area contributed by atoms with E-state index in [0.29, 0.717) is 17.6 Å². The number of halogens is 2. The third-order valence-corrected chi connectivity index (χ3v) is 6.41. The summed E-state index contributed by atoms with van der Waals surface area (Å²) in [6.45, 7) is 6.72. The predicted octanol–water partition coefficient (Wildman–Crippen LogP) is 7.16. The van der Waals surface area contributed by atoms with Gasteiger partial charge in [-0.05, 0) is 84.9 Å². The van der Waals surface area contributed by atoms with Gasteiger partial charge in [-0.15, -0.1) is 18.5 Å². The van der Waals surface area contributed by atoms with Crippen LogP contribution in [-0.2, 0) is 6.16 Å². The van der Waals surface area contributed by atoms with E-state index in [1.807, 2.05) is 18.2 Å². The summed E-state index contributed by atoms with van der Waals surface area (Å²) in [6, 6.07) is 8.51. The van der Waals surface area contributed by atoms with Gasteiger partial charge in [0.2, 0.25) is 0 Å². The fourth-order valence-corrected chi connectivity index (χ4v) is 4.40. The summed E-state index contributed by atoms with van der Waals surface area (Å²) in [7, 11) is 5.52. The van der Waals surface area contributed by atoms with E-state index >= 15 is 0 Å². The molecule has 2 aromatic rings. The van der Waals surface area contributed by atoms with Gasteiger partial charge >= 0.3 is 0 Å². The molecule has 0 N–H and O–H groups in total. The lowest BCUT2D eigenvalue weighted by molar-refractivity contribution is 0.228. The molecule has 0 fully saturated rings. The Morgan fingerprint density at radius 2 is 1.68 bits per heavy atom. The smallest absolute Gasteiger partial charge is 0.129 e. The molecule has 0 aliphatic rings. The highest BCUT2D eigenvalue weighted by atomic mass is 31.0. The van der Waals surface area contributed by atoms with E-state index in [4.69, 9.17) is 4.74 Å². The molecule has 0 aliphatic carbocycles. The summed E-state index contributed by atoms with van der Waals surface area (Å²) in [5, 5.41) is 0. The zero-order valence-electron chi connectivity index (χ0n) is 17.2. The van der Waals surface area contributed by atoms with Crippen molar-refractivity contribution in [3.05, 3.63) is 53.1 Å². The molecule has 0 spiro atoms. The van der Waals surface area contributed by atoms with Gasteiger partial charge < -0.3 is 4.74 Å². The van der Waals surface area contributed by atoms with E-state index in [-0.39, 0.29) is 5.56 Å². The van der Waals surface area contributed by atoms with Crippen LogP contribution in [0.2, 0.25) is 0 Å². The van der Waals surface area contributed by atoms with Gasteiger partial charge in [0, 0.05) is 5.56 Å². The molecule has 5 heteroatoms. The van der Waals surface area contributed by atoms with Crippen LogP contribution in [0.5, 0.6) is 5.75 Å². The first-order valence-electron chi connectivity index (χ1n) is 9.95. The number of ether oxygens (including phenoxy) is 1. The normalized spacial score (nSPS) is 13.4. The largest absolute Gasteiger partial charge is 0.493 e. The van der Waals surface area contributed by atoms with Crippen LogP contribution in [0.1, 0.15) is 50.7 Å². The van der Waals surface area contributed by atoms with Crippen LogP contribution < -0.4 is 4.74 Å². The second-order valence-corrected chi connectivity index (χ2v) is 8.73. The first kappa shape index (κ1) is 23.2. The highest BCUT2D eigenvalue weighted by Crippen LogP contribution is 2.33. The van der Waals surface area contributed by atoms with Crippen molar-refractivity contribution in [3.63, 3.8) is 0 Å². The lowest BCUT2D eigenvalue weighted by Gasteiger charge is -2.27. The summed E-state index contributed by atoms with van der Waals surface area (Å²) < 4.78 is 33.8. The first-order valence-corrected chi connectivity index (χ1v) is 11.6. The molecule has 0 aromatic heterocycles. The van der Waals surface area contributed by atoms with E-state index in [1.54, 1.807) is 0 Å². The third kappa shape index (κ3) is 5.98. The second kappa shape index (κ2) is 10.7. The van der Waals surface area contributed by atoms with Gasteiger partial charge in [-0.25, -0.2) is 8.78 Å². The minimum absolute atomic E-state index is 0.0516. The summed E-state index contributed by atoms with van der Waals surface area (Å²) in [6.07, 6.45) is 6.40. The Bertz CT molecular complexity index is 771. The fraction of sp³-hybridized carbons (Fsp3) is 0.478. The lowest BCUT2D eigenvalue weighted by Crippen LogP contribution is -2.17. The molecule has 1 nitrogen and oxygen atoms in total. The molecule has 0 saturated heterocycles. The van der Waals surface area contributed by atoms with Gasteiger partial charge in [0.05, 0.1) is 6.61 Å². The zero-order valence-corrected chi connectivity index (χ0v) is 19.5. The summed E-state index contributed by atoms with van der Waals surface area (Å²) in [5.41, 5.74) is 2.78. The Balaban J connectivity index is 2.07. The number of rotatable bonds is 10. The Labute approximate surface area is 173 Å². The molecule has 0 radical (unpaired) electrons. The standard InChI is InChI=1S/C23H32F2OP2/c1-4-23(3,9-11-27)8-5-10-26-22-7-6-17(12-19(22)15-28)18-13-20(24)16(2)21(25)14-18/h6-7,12-14H,4-5,8-11,15,27-28H2,1-3H3. The van der Waals surface area contributed by atoms with Crippen LogP contribution >= 0.6 is 18.5 Å². The van der Waals surface area contributed by atoms with Crippen molar-refractivity contribution in [2.24, 2.45) is 5.41 Å². The summed E-state index contributed by atoms with van der Waals surface area (Å²) >= 11 is 0. The molecule has 2 aromatic carbocycles. The average Bonchev–Trinajstić information content (AvgIpc) is 2.69. The van der Waals surface area contributed by atoms with Gasteiger partial charge in [0.25, 0.3) is 0 Å². The van der Waals surface area contributed by atoms with Crippen molar-refractivity contribution in [2.45, 2.75) is 52.6 Å². The quantitative estimate of drug-likeness (QED) is 0.291. The molecular weight excluding hydrogens is 392 g/mol. The van der Waals surface area contributed by atoms with Crippen LogP contribution in [0.4, 0.5) is 8.78 Å². The first-order chi connectivity index (χ1) is 13.3. The molecule has 3 atom stereocenters. The second-order valence-electron chi connectivity index (χ2n) is 7.75. The minimum atomic E-state index is -0.521. The van der Waals surface area contributed by atoms with Gasteiger partial charge in [-0.2, -0.15) is 0 Å². The molecule has 0 aliphatic heterocycles. The van der Waals surface area contributed by atoms with Gasteiger partial charge in [0.15, 0.2) is 0 Å². The van der Waals surface area contributed by atoms with E-state index in [1.165, 1.54) is 31.9 Å². The van der Waals surface area contributed by atoms with Crippen LogP contribution in [0.15, 0.2) is 30.3 Å².